The Labute approximate surface area is 190 Å². The van der Waals surface area contributed by atoms with E-state index in [0.29, 0.717) is 19.5 Å². The van der Waals surface area contributed by atoms with Crippen LogP contribution < -0.4 is 20.7 Å². The Morgan fingerprint density at radius 3 is 2.41 bits per heavy atom. The molecule has 0 saturated carbocycles. The SMILES string of the molecule is CCCC(=O)Nc1ccc(CN=C(NCC)NCc2ccccc2OC)cc1.I. The average molecular weight is 510 g/mol. The number of guanidine groups is 1. The maximum Gasteiger partial charge on any atom is 0.224 e. The van der Waals surface area contributed by atoms with Gasteiger partial charge in [-0.1, -0.05) is 37.3 Å². The predicted molar refractivity (Wildman–Crippen MR) is 130 cm³/mol. The van der Waals surface area contributed by atoms with Crippen molar-refractivity contribution in [3.8, 4) is 5.75 Å². The number of carbonyl (C=O) groups is 1. The fraction of sp³-hybridized carbons (Fsp3) is 0.364. The van der Waals surface area contributed by atoms with Crippen LogP contribution in [-0.2, 0) is 17.9 Å². The molecule has 0 aliphatic carbocycles. The van der Waals surface area contributed by atoms with Crippen molar-refractivity contribution in [3.05, 3.63) is 59.7 Å². The van der Waals surface area contributed by atoms with E-state index in [-0.39, 0.29) is 29.9 Å². The third-order valence-corrected chi connectivity index (χ3v) is 4.12. The number of anilines is 1. The third kappa shape index (κ3) is 8.72. The molecule has 3 N–H and O–H groups in total. The monoisotopic (exact) mass is 510 g/mol. The van der Waals surface area contributed by atoms with Gasteiger partial charge in [0.1, 0.15) is 5.75 Å². The average Bonchev–Trinajstić information content (AvgIpc) is 2.71. The molecule has 0 aromatic heterocycles. The first-order valence-corrected chi connectivity index (χ1v) is 9.69. The van der Waals surface area contributed by atoms with Gasteiger partial charge in [-0.05, 0) is 37.1 Å². The maximum absolute atomic E-state index is 11.7. The zero-order valence-corrected chi connectivity index (χ0v) is 19.7. The Morgan fingerprint density at radius 2 is 1.76 bits per heavy atom. The molecular formula is C22H31IN4O2. The zero-order valence-electron chi connectivity index (χ0n) is 17.3. The summed E-state index contributed by atoms with van der Waals surface area (Å²) in [4.78, 5) is 16.3. The molecule has 0 bridgehead atoms. The van der Waals surface area contributed by atoms with E-state index in [9.17, 15) is 4.79 Å². The Kier molecular flexibility index (Phi) is 11.8. The third-order valence-electron chi connectivity index (χ3n) is 4.12. The Bertz CT molecular complexity index is 779. The van der Waals surface area contributed by atoms with Crippen LogP contribution in [0, 0.1) is 0 Å². The van der Waals surface area contributed by atoms with Crippen LogP contribution in [0.3, 0.4) is 0 Å². The number of benzene rings is 2. The molecule has 29 heavy (non-hydrogen) atoms. The van der Waals surface area contributed by atoms with Gasteiger partial charge in [0.2, 0.25) is 5.91 Å². The number of para-hydroxylation sites is 1. The minimum absolute atomic E-state index is 0. The molecule has 0 unspecified atom stereocenters. The van der Waals surface area contributed by atoms with Crippen molar-refractivity contribution in [2.45, 2.75) is 39.8 Å². The molecule has 2 aromatic carbocycles. The normalized spacial score (nSPS) is 10.7. The highest BCUT2D eigenvalue weighted by atomic mass is 127. The summed E-state index contributed by atoms with van der Waals surface area (Å²) in [5.41, 5.74) is 2.96. The first-order valence-electron chi connectivity index (χ1n) is 9.69. The van der Waals surface area contributed by atoms with Gasteiger partial charge in [0, 0.05) is 30.8 Å². The largest absolute Gasteiger partial charge is 0.496 e. The highest BCUT2D eigenvalue weighted by Gasteiger charge is 2.04. The van der Waals surface area contributed by atoms with Gasteiger partial charge in [0.25, 0.3) is 0 Å². The topological polar surface area (TPSA) is 74.8 Å². The van der Waals surface area contributed by atoms with Gasteiger partial charge in [-0.2, -0.15) is 0 Å². The lowest BCUT2D eigenvalue weighted by Gasteiger charge is -2.13. The molecule has 6 nitrogen and oxygen atoms in total. The van der Waals surface area contributed by atoms with Crippen molar-refractivity contribution >= 4 is 41.5 Å². The molecule has 2 rings (SSSR count). The van der Waals surface area contributed by atoms with E-state index in [0.717, 1.165) is 41.5 Å². The Hall–Kier alpha value is -2.29. The maximum atomic E-state index is 11.7. The van der Waals surface area contributed by atoms with Crippen molar-refractivity contribution in [2.75, 3.05) is 19.0 Å². The van der Waals surface area contributed by atoms with Crippen molar-refractivity contribution < 1.29 is 9.53 Å². The van der Waals surface area contributed by atoms with Crippen LogP contribution >= 0.6 is 24.0 Å². The molecule has 0 atom stereocenters. The van der Waals surface area contributed by atoms with E-state index < -0.39 is 0 Å². The van der Waals surface area contributed by atoms with Gasteiger partial charge >= 0.3 is 0 Å². The summed E-state index contributed by atoms with van der Waals surface area (Å²) in [5, 5.41) is 9.48. The van der Waals surface area contributed by atoms with Gasteiger partial charge < -0.3 is 20.7 Å². The molecule has 0 heterocycles. The lowest BCUT2D eigenvalue weighted by atomic mass is 10.2. The molecular weight excluding hydrogens is 479 g/mol. The van der Waals surface area contributed by atoms with Gasteiger partial charge in [-0.15, -0.1) is 24.0 Å². The summed E-state index contributed by atoms with van der Waals surface area (Å²) in [6, 6.07) is 15.7. The number of hydrogen-bond donors (Lipinski definition) is 3. The highest BCUT2D eigenvalue weighted by Crippen LogP contribution is 2.16. The number of rotatable bonds is 9. The molecule has 7 heteroatoms. The minimum atomic E-state index is 0. The smallest absolute Gasteiger partial charge is 0.224 e. The molecule has 2 aromatic rings. The molecule has 0 spiro atoms. The van der Waals surface area contributed by atoms with Crippen LogP contribution in [-0.4, -0.2) is 25.5 Å². The van der Waals surface area contributed by atoms with Crippen molar-refractivity contribution in [1.82, 2.24) is 10.6 Å². The second kappa shape index (κ2) is 13.8. The van der Waals surface area contributed by atoms with Gasteiger partial charge in [0.15, 0.2) is 5.96 Å². The first kappa shape index (κ1) is 24.7. The molecule has 0 saturated heterocycles. The number of aliphatic imine (C=N–C) groups is 1. The van der Waals surface area contributed by atoms with Crippen LogP contribution in [0.15, 0.2) is 53.5 Å². The van der Waals surface area contributed by atoms with Crippen LogP contribution in [0.2, 0.25) is 0 Å². The quantitative estimate of drug-likeness (QED) is 0.267. The number of ether oxygens (including phenoxy) is 1. The fourth-order valence-electron chi connectivity index (χ4n) is 2.68. The van der Waals surface area contributed by atoms with Crippen molar-refractivity contribution in [2.24, 2.45) is 4.99 Å². The summed E-state index contributed by atoms with van der Waals surface area (Å²) < 4.78 is 5.39. The first-order chi connectivity index (χ1) is 13.7. The number of nitrogens with one attached hydrogen (secondary N) is 3. The molecule has 0 fully saturated rings. The summed E-state index contributed by atoms with van der Waals surface area (Å²) in [6.07, 6.45) is 1.38. The minimum Gasteiger partial charge on any atom is -0.496 e. The Balaban J connectivity index is 0.00000420. The van der Waals surface area contributed by atoms with Crippen LogP contribution in [0.1, 0.15) is 37.8 Å². The van der Waals surface area contributed by atoms with E-state index >= 15 is 0 Å². The van der Waals surface area contributed by atoms with E-state index in [2.05, 4.69) is 20.9 Å². The van der Waals surface area contributed by atoms with Crippen molar-refractivity contribution in [3.63, 3.8) is 0 Å². The summed E-state index contributed by atoms with van der Waals surface area (Å²) in [5.74, 6) is 1.64. The fourth-order valence-corrected chi connectivity index (χ4v) is 2.68. The summed E-state index contributed by atoms with van der Waals surface area (Å²) in [7, 11) is 1.67. The number of halogens is 1. The van der Waals surface area contributed by atoms with E-state index in [4.69, 9.17) is 4.74 Å². The number of hydrogen-bond acceptors (Lipinski definition) is 3. The lowest BCUT2D eigenvalue weighted by Crippen LogP contribution is -2.36. The van der Waals surface area contributed by atoms with Crippen molar-refractivity contribution in [1.29, 1.82) is 0 Å². The summed E-state index contributed by atoms with van der Waals surface area (Å²) >= 11 is 0. The molecule has 0 aliphatic heterocycles. The lowest BCUT2D eigenvalue weighted by molar-refractivity contribution is -0.116. The number of amides is 1. The number of nitrogens with zero attached hydrogens (tertiary/aromatic N) is 1. The molecule has 1 amide bonds. The highest BCUT2D eigenvalue weighted by molar-refractivity contribution is 14.0. The molecule has 0 aliphatic rings. The van der Waals surface area contributed by atoms with Crippen LogP contribution in [0.25, 0.3) is 0 Å². The molecule has 0 radical (unpaired) electrons. The molecule has 158 valence electrons. The zero-order chi connectivity index (χ0) is 20.2. The number of carbonyl (C=O) groups excluding carboxylic acids is 1. The van der Waals surface area contributed by atoms with E-state index in [1.54, 1.807) is 7.11 Å². The Morgan fingerprint density at radius 1 is 1.03 bits per heavy atom. The standard InChI is InChI=1S/C22H30N4O2.HI/c1-4-8-21(27)26-19-13-11-17(12-14-19)15-24-22(23-5-2)25-16-18-9-6-7-10-20(18)28-3;/h6-7,9-14H,4-5,8,15-16H2,1-3H3,(H,26,27)(H2,23,24,25);1H. The van der Waals surface area contributed by atoms with Gasteiger partial charge in [-0.25, -0.2) is 4.99 Å². The predicted octanol–water partition coefficient (Wildman–Crippen LogP) is 4.31. The number of methoxy groups -OCH3 is 1. The second-order valence-corrected chi connectivity index (χ2v) is 6.36. The summed E-state index contributed by atoms with van der Waals surface area (Å²) in [6.45, 7) is 5.97. The van der Waals surface area contributed by atoms with Crippen LogP contribution in [0.4, 0.5) is 5.69 Å². The van der Waals surface area contributed by atoms with Crippen LogP contribution in [0.5, 0.6) is 5.75 Å². The van der Waals surface area contributed by atoms with Gasteiger partial charge in [-0.3, -0.25) is 4.79 Å². The van der Waals surface area contributed by atoms with E-state index in [1.165, 1.54) is 0 Å². The van der Waals surface area contributed by atoms with E-state index in [1.807, 2.05) is 62.4 Å². The second-order valence-electron chi connectivity index (χ2n) is 6.36. The van der Waals surface area contributed by atoms with Gasteiger partial charge in [0.05, 0.1) is 13.7 Å².